The van der Waals surface area contributed by atoms with E-state index in [4.69, 9.17) is 4.74 Å². The van der Waals surface area contributed by atoms with Crippen LogP contribution in [-0.4, -0.2) is 38.1 Å². The SMILES string of the molecule is CCc1ccc(NC(=O)CSc2nnc(-c3ccccc3)n2C(=O)OC(C)(C)C)cc1. The number of benzene rings is 2. The highest BCUT2D eigenvalue weighted by Crippen LogP contribution is 2.25. The maximum atomic E-state index is 12.9. The molecule has 0 saturated heterocycles. The molecule has 0 radical (unpaired) electrons. The molecular weight excluding hydrogens is 412 g/mol. The van der Waals surface area contributed by atoms with E-state index >= 15 is 0 Å². The zero-order chi connectivity index (χ0) is 22.4. The molecule has 2 aromatic carbocycles. The van der Waals surface area contributed by atoms with Crippen LogP contribution in [0.4, 0.5) is 10.5 Å². The zero-order valence-electron chi connectivity index (χ0n) is 18.1. The van der Waals surface area contributed by atoms with Crippen molar-refractivity contribution < 1.29 is 14.3 Å². The number of aryl methyl sites for hydroxylation is 1. The number of nitrogens with zero attached hydrogens (tertiary/aromatic N) is 3. The smallest absolute Gasteiger partial charge is 0.422 e. The van der Waals surface area contributed by atoms with Crippen LogP contribution in [0.3, 0.4) is 0 Å². The zero-order valence-corrected chi connectivity index (χ0v) is 18.9. The van der Waals surface area contributed by atoms with Gasteiger partial charge in [0, 0.05) is 11.3 Å². The van der Waals surface area contributed by atoms with E-state index in [1.807, 2.05) is 54.6 Å². The molecule has 0 atom stereocenters. The summed E-state index contributed by atoms with van der Waals surface area (Å²) in [7, 11) is 0. The molecule has 1 amide bonds. The molecule has 1 N–H and O–H groups in total. The molecule has 1 aromatic heterocycles. The fourth-order valence-corrected chi connectivity index (χ4v) is 3.48. The lowest BCUT2D eigenvalue weighted by Crippen LogP contribution is -2.28. The standard InChI is InChI=1S/C23H26N4O3S/c1-5-16-11-13-18(14-12-16)24-19(28)15-31-21-26-25-20(17-9-7-6-8-10-17)27(21)22(29)30-23(2,3)4/h6-14H,5,15H2,1-4H3,(H,24,28). The maximum absolute atomic E-state index is 12.9. The Morgan fingerprint density at radius 3 is 2.32 bits per heavy atom. The fraction of sp³-hybridized carbons (Fsp3) is 0.304. The number of ether oxygens (including phenoxy) is 1. The minimum Gasteiger partial charge on any atom is -0.443 e. The lowest BCUT2D eigenvalue weighted by molar-refractivity contribution is -0.113. The molecule has 7 nitrogen and oxygen atoms in total. The van der Waals surface area contributed by atoms with Crippen LogP contribution in [0.1, 0.15) is 33.3 Å². The van der Waals surface area contributed by atoms with Crippen molar-refractivity contribution >= 4 is 29.4 Å². The summed E-state index contributed by atoms with van der Waals surface area (Å²) in [6, 6.07) is 17.0. The Kier molecular flexibility index (Phi) is 7.12. The van der Waals surface area contributed by atoms with Crippen LogP contribution in [0.2, 0.25) is 0 Å². The van der Waals surface area contributed by atoms with Gasteiger partial charge in [-0.15, -0.1) is 10.2 Å². The predicted molar refractivity (Wildman–Crippen MR) is 122 cm³/mol. The first kappa shape index (κ1) is 22.6. The molecule has 0 unspecified atom stereocenters. The molecule has 0 bridgehead atoms. The van der Waals surface area contributed by atoms with Crippen LogP contribution in [0.15, 0.2) is 59.8 Å². The van der Waals surface area contributed by atoms with Gasteiger partial charge < -0.3 is 10.1 Å². The summed E-state index contributed by atoms with van der Waals surface area (Å²) < 4.78 is 6.85. The van der Waals surface area contributed by atoms with Gasteiger partial charge in [0.2, 0.25) is 11.1 Å². The average Bonchev–Trinajstić information content (AvgIpc) is 3.16. The van der Waals surface area contributed by atoms with Gasteiger partial charge in [0.15, 0.2) is 5.82 Å². The van der Waals surface area contributed by atoms with Gasteiger partial charge in [0.05, 0.1) is 5.75 Å². The topological polar surface area (TPSA) is 86.1 Å². The molecule has 0 fully saturated rings. The number of rotatable bonds is 6. The van der Waals surface area contributed by atoms with Crippen molar-refractivity contribution in [2.75, 3.05) is 11.1 Å². The maximum Gasteiger partial charge on any atom is 0.422 e. The van der Waals surface area contributed by atoms with E-state index in [0.717, 1.165) is 29.4 Å². The molecule has 0 spiro atoms. The second-order valence-electron chi connectivity index (χ2n) is 7.88. The van der Waals surface area contributed by atoms with Crippen molar-refractivity contribution in [1.82, 2.24) is 14.8 Å². The first-order valence-electron chi connectivity index (χ1n) is 10.0. The number of aromatic nitrogens is 3. The number of thioether (sulfide) groups is 1. The summed E-state index contributed by atoms with van der Waals surface area (Å²) in [5, 5.41) is 11.5. The van der Waals surface area contributed by atoms with E-state index in [2.05, 4.69) is 22.4 Å². The summed E-state index contributed by atoms with van der Waals surface area (Å²) in [4.78, 5) is 25.3. The van der Waals surface area contributed by atoms with E-state index in [0.29, 0.717) is 11.0 Å². The normalized spacial score (nSPS) is 11.2. The van der Waals surface area contributed by atoms with E-state index in [9.17, 15) is 9.59 Å². The van der Waals surface area contributed by atoms with Gasteiger partial charge in [-0.1, -0.05) is 61.2 Å². The molecular formula is C23H26N4O3S. The van der Waals surface area contributed by atoms with Gasteiger partial charge in [0.1, 0.15) is 5.60 Å². The van der Waals surface area contributed by atoms with Crippen molar-refractivity contribution in [2.24, 2.45) is 0 Å². The molecule has 0 aliphatic carbocycles. The van der Waals surface area contributed by atoms with Crippen LogP contribution in [-0.2, 0) is 16.0 Å². The van der Waals surface area contributed by atoms with E-state index < -0.39 is 11.7 Å². The second-order valence-corrected chi connectivity index (χ2v) is 8.82. The fourth-order valence-electron chi connectivity index (χ4n) is 2.76. The Bertz CT molecular complexity index is 1040. The monoisotopic (exact) mass is 438 g/mol. The largest absolute Gasteiger partial charge is 0.443 e. The Balaban J connectivity index is 1.77. The molecule has 1 heterocycles. The lowest BCUT2D eigenvalue weighted by atomic mass is 10.1. The van der Waals surface area contributed by atoms with Gasteiger partial charge in [-0.05, 0) is 44.9 Å². The minimum atomic E-state index is -0.681. The summed E-state index contributed by atoms with van der Waals surface area (Å²) in [5.41, 5.74) is 1.97. The third kappa shape index (κ3) is 6.18. The van der Waals surface area contributed by atoms with Crippen molar-refractivity contribution in [2.45, 2.75) is 44.9 Å². The number of nitrogens with one attached hydrogen (secondary N) is 1. The molecule has 162 valence electrons. The van der Waals surface area contributed by atoms with E-state index in [1.54, 1.807) is 20.8 Å². The van der Waals surface area contributed by atoms with Crippen LogP contribution in [0, 0.1) is 0 Å². The van der Waals surface area contributed by atoms with E-state index in [-0.39, 0.29) is 11.7 Å². The van der Waals surface area contributed by atoms with Crippen LogP contribution >= 0.6 is 11.8 Å². The highest BCUT2D eigenvalue weighted by molar-refractivity contribution is 7.99. The third-order valence-corrected chi connectivity index (χ3v) is 5.15. The third-order valence-electron chi connectivity index (χ3n) is 4.22. The van der Waals surface area contributed by atoms with Crippen LogP contribution in [0.5, 0.6) is 0 Å². The second kappa shape index (κ2) is 9.78. The molecule has 0 aliphatic rings. The molecule has 8 heteroatoms. The van der Waals surface area contributed by atoms with Crippen molar-refractivity contribution in [3.8, 4) is 11.4 Å². The van der Waals surface area contributed by atoms with Gasteiger partial charge in [-0.2, -0.15) is 0 Å². The molecule has 31 heavy (non-hydrogen) atoms. The quantitative estimate of drug-likeness (QED) is 0.544. The number of carbonyl (C=O) groups excluding carboxylic acids is 2. The first-order valence-corrected chi connectivity index (χ1v) is 11.0. The number of hydrogen-bond acceptors (Lipinski definition) is 6. The lowest BCUT2D eigenvalue weighted by Gasteiger charge is -2.20. The summed E-state index contributed by atoms with van der Waals surface area (Å²) in [6.45, 7) is 7.46. The van der Waals surface area contributed by atoms with E-state index in [1.165, 1.54) is 10.1 Å². The number of carbonyl (C=O) groups is 2. The first-order chi connectivity index (χ1) is 14.8. The molecule has 3 rings (SSSR count). The highest BCUT2D eigenvalue weighted by atomic mass is 32.2. The van der Waals surface area contributed by atoms with Crippen LogP contribution < -0.4 is 5.32 Å². The van der Waals surface area contributed by atoms with Crippen molar-refractivity contribution in [3.05, 3.63) is 60.2 Å². The Hall–Kier alpha value is -3.13. The van der Waals surface area contributed by atoms with Crippen molar-refractivity contribution in [1.29, 1.82) is 0 Å². The number of anilines is 1. The number of amides is 1. The average molecular weight is 439 g/mol. The predicted octanol–water partition coefficient (Wildman–Crippen LogP) is 5.02. The van der Waals surface area contributed by atoms with Gasteiger partial charge >= 0.3 is 6.09 Å². The van der Waals surface area contributed by atoms with Gasteiger partial charge in [0.25, 0.3) is 0 Å². The summed E-state index contributed by atoms with van der Waals surface area (Å²) >= 11 is 1.13. The minimum absolute atomic E-state index is 0.0747. The van der Waals surface area contributed by atoms with Crippen LogP contribution in [0.25, 0.3) is 11.4 Å². The molecule has 0 aliphatic heterocycles. The number of hydrogen-bond donors (Lipinski definition) is 1. The Morgan fingerprint density at radius 2 is 1.71 bits per heavy atom. The summed E-state index contributed by atoms with van der Waals surface area (Å²) in [6.07, 6.45) is 0.350. The highest BCUT2D eigenvalue weighted by Gasteiger charge is 2.25. The Labute approximate surface area is 186 Å². The molecule has 0 saturated carbocycles. The molecule has 3 aromatic rings. The Morgan fingerprint density at radius 1 is 1.03 bits per heavy atom. The summed E-state index contributed by atoms with van der Waals surface area (Å²) in [5.74, 6) is 0.243. The van der Waals surface area contributed by atoms with Gasteiger partial charge in [-0.3, -0.25) is 4.79 Å². The van der Waals surface area contributed by atoms with Crippen molar-refractivity contribution in [3.63, 3.8) is 0 Å². The van der Waals surface area contributed by atoms with Gasteiger partial charge in [-0.25, -0.2) is 9.36 Å².